The van der Waals surface area contributed by atoms with E-state index >= 15 is 0 Å². The zero-order valence-electron chi connectivity index (χ0n) is 18.2. The van der Waals surface area contributed by atoms with Crippen molar-refractivity contribution in [2.24, 2.45) is 0 Å². The van der Waals surface area contributed by atoms with Gasteiger partial charge in [-0.1, -0.05) is 30.3 Å². The minimum atomic E-state index is -0.592. The molecule has 0 spiro atoms. The highest BCUT2D eigenvalue weighted by Crippen LogP contribution is 2.23. The Bertz CT molecular complexity index is 1220. The van der Waals surface area contributed by atoms with Gasteiger partial charge in [-0.05, 0) is 35.7 Å². The molecule has 7 nitrogen and oxygen atoms in total. The highest BCUT2D eigenvalue weighted by molar-refractivity contribution is 5.95. The largest absolute Gasteiger partial charge is 0.361 e. The number of amides is 3. The Hall–Kier alpha value is -3.68. The Morgan fingerprint density at radius 3 is 2.76 bits per heavy atom. The van der Waals surface area contributed by atoms with E-state index in [1.54, 1.807) is 21.9 Å². The summed E-state index contributed by atoms with van der Waals surface area (Å²) in [7, 11) is 0. The summed E-state index contributed by atoms with van der Waals surface area (Å²) in [5.74, 6) is -0.674. The summed E-state index contributed by atoms with van der Waals surface area (Å²) >= 11 is 0. The summed E-state index contributed by atoms with van der Waals surface area (Å²) in [6.07, 6.45) is 2.52. The number of halogens is 1. The number of hydrogen-bond acceptors (Lipinski definition) is 3. The molecular formula is C25H25FN4O3. The van der Waals surface area contributed by atoms with E-state index in [9.17, 15) is 18.8 Å². The number of fused-ring (bicyclic) bond motifs is 2. The Morgan fingerprint density at radius 1 is 1.06 bits per heavy atom. The highest BCUT2D eigenvalue weighted by Gasteiger charge is 2.41. The number of rotatable bonds is 4. The van der Waals surface area contributed by atoms with Crippen molar-refractivity contribution in [3.05, 3.63) is 71.7 Å². The number of H-pyrrole nitrogens is 1. The average Bonchev–Trinajstić information content (AvgIpc) is 3.06. The fourth-order valence-corrected chi connectivity index (χ4v) is 4.82. The molecule has 0 aliphatic carbocycles. The van der Waals surface area contributed by atoms with Gasteiger partial charge < -0.3 is 19.7 Å². The van der Waals surface area contributed by atoms with Gasteiger partial charge >= 0.3 is 0 Å². The molecule has 2 fully saturated rings. The van der Waals surface area contributed by atoms with E-state index in [1.807, 2.05) is 30.5 Å². The first-order valence-corrected chi connectivity index (χ1v) is 11.1. The Balaban J connectivity index is 1.27. The van der Waals surface area contributed by atoms with E-state index in [-0.39, 0.29) is 43.0 Å². The SMILES string of the molecule is O=C(Cc1c[nH]c2ccccc12)N1CCC2C(=O)N(Cc3cccc(F)c3)CC(=O)N2CC1. The summed E-state index contributed by atoms with van der Waals surface area (Å²) in [5.41, 5.74) is 2.57. The minimum absolute atomic E-state index is 0.0175. The molecule has 1 unspecified atom stereocenters. The molecule has 2 aliphatic heterocycles. The van der Waals surface area contributed by atoms with Crippen molar-refractivity contribution < 1.29 is 18.8 Å². The molecule has 1 N–H and O–H groups in total. The first-order valence-electron chi connectivity index (χ1n) is 11.1. The summed E-state index contributed by atoms with van der Waals surface area (Å²) in [4.78, 5) is 47.1. The molecular weight excluding hydrogens is 423 g/mol. The van der Waals surface area contributed by atoms with Gasteiger partial charge in [-0.15, -0.1) is 0 Å². The van der Waals surface area contributed by atoms with Crippen LogP contribution in [0.2, 0.25) is 0 Å². The van der Waals surface area contributed by atoms with Crippen molar-refractivity contribution >= 4 is 28.6 Å². The van der Waals surface area contributed by atoms with Crippen molar-refractivity contribution in [1.82, 2.24) is 19.7 Å². The lowest BCUT2D eigenvalue weighted by Crippen LogP contribution is -2.59. The lowest BCUT2D eigenvalue weighted by Gasteiger charge is -2.39. The van der Waals surface area contributed by atoms with Gasteiger partial charge in [0.2, 0.25) is 17.7 Å². The van der Waals surface area contributed by atoms with Crippen LogP contribution in [0.25, 0.3) is 10.9 Å². The van der Waals surface area contributed by atoms with E-state index in [2.05, 4.69) is 4.98 Å². The predicted octanol–water partition coefficient (Wildman–Crippen LogP) is 2.32. The van der Waals surface area contributed by atoms with Gasteiger partial charge in [0.05, 0.1) is 6.42 Å². The van der Waals surface area contributed by atoms with E-state index in [0.717, 1.165) is 16.5 Å². The van der Waals surface area contributed by atoms with Crippen LogP contribution >= 0.6 is 0 Å². The second-order valence-corrected chi connectivity index (χ2v) is 8.63. The van der Waals surface area contributed by atoms with Gasteiger partial charge in [0.25, 0.3) is 0 Å². The van der Waals surface area contributed by atoms with Gasteiger partial charge in [-0.3, -0.25) is 14.4 Å². The molecule has 1 atom stereocenters. The van der Waals surface area contributed by atoms with Crippen molar-refractivity contribution in [3.63, 3.8) is 0 Å². The van der Waals surface area contributed by atoms with Crippen LogP contribution in [0, 0.1) is 5.82 Å². The number of para-hydroxylation sites is 1. The van der Waals surface area contributed by atoms with Crippen molar-refractivity contribution in [2.75, 3.05) is 26.2 Å². The van der Waals surface area contributed by atoms with Gasteiger partial charge in [0, 0.05) is 43.3 Å². The van der Waals surface area contributed by atoms with Crippen LogP contribution in [-0.2, 0) is 27.3 Å². The zero-order valence-corrected chi connectivity index (χ0v) is 18.2. The Morgan fingerprint density at radius 2 is 1.91 bits per heavy atom. The minimum Gasteiger partial charge on any atom is -0.361 e. The zero-order chi connectivity index (χ0) is 22.9. The number of nitrogens with zero attached hydrogens (tertiary/aromatic N) is 3. The molecule has 33 heavy (non-hydrogen) atoms. The predicted molar refractivity (Wildman–Crippen MR) is 121 cm³/mol. The van der Waals surface area contributed by atoms with Gasteiger partial charge in [-0.2, -0.15) is 0 Å². The lowest BCUT2D eigenvalue weighted by molar-refractivity contribution is -0.156. The van der Waals surface area contributed by atoms with Crippen LogP contribution < -0.4 is 0 Å². The number of aromatic nitrogens is 1. The van der Waals surface area contributed by atoms with Gasteiger partial charge in [0.1, 0.15) is 18.4 Å². The van der Waals surface area contributed by atoms with Gasteiger partial charge in [0.15, 0.2) is 0 Å². The molecule has 2 saturated heterocycles. The van der Waals surface area contributed by atoms with Gasteiger partial charge in [-0.25, -0.2) is 4.39 Å². The molecule has 3 heterocycles. The van der Waals surface area contributed by atoms with Crippen molar-refractivity contribution in [3.8, 4) is 0 Å². The number of benzene rings is 2. The monoisotopic (exact) mass is 448 g/mol. The molecule has 0 bridgehead atoms. The summed E-state index contributed by atoms with van der Waals surface area (Å²) in [5, 5.41) is 1.02. The van der Waals surface area contributed by atoms with Crippen LogP contribution in [0.15, 0.2) is 54.7 Å². The fourth-order valence-electron chi connectivity index (χ4n) is 4.82. The van der Waals surface area contributed by atoms with Crippen LogP contribution in [0.3, 0.4) is 0 Å². The fraction of sp³-hybridized carbons (Fsp3) is 0.320. The third kappa shape index (κ3) is 4.20. The quantitative estimate of drug-likeness (QED) is 0.666. The van der Waals surface area contributed by atoms with Crippen molar-refractivity contribution in [2.45, 2.75) is 25.4 Å². The first-order chi connectivity index (χ1) is 16.0. The maximum atomic E-state index is 13.5. The van der Waals surface area contributed by atoms with E-state index in [0.29, 0.717) is 31.6 Å². The summed E-state index contributed by atoms with van der Waals surface area (Å²) in [6, 6.07) is 13.3. The third-order valence-electron chi connectivity index (χ3n) is 6.53. The molecule has 3 aromatic rings. The molecule has 2 aromatic carbocycles. The standard InChI is InChI=1S/C25H25FN4O3/c26-19-5-3-4-17(12-19)15-29-16-24(32)30-11-10-28(9-8-22(30)25(29)33)23(31)13-18-14-27-21-7-2-1-6-20(18)21/h1-7,12,14,22,27H,8-11,13,15-16H2. The molecule has 8 heteroatoms. The number of aromatic amines is 1. The topological polar surface area (TPSA) is 76.7 Å². The molecule has 170 valence electrons. The van der Waals surface area contributed by atoms with E-state index < -0.39 is 6.04 Å². The highest BCUT2D eigenvalue weighted by atomic mass is 19.1. The second-order valence-electron chi connectivity index (χ2n) is 8.63. The molecule has 3 amide bonds. The maximum Gasteiger partial charge on any atom is 0.246 e. The number of carbonyl (C=O) groups is 3. The Kier molecular flexibility index (Phi) is 5.58. The van der Waals surface area contributed by atoms with Crippen LogP contribution in [0.5, 0.6) is 0 Å². The van der Waals surface area contributed by atoms with Crippen LogP contribution in [0.4, 0.5) is 4.39 Å². The van der Waals surface area contributed by atoms with Crippen LogP contribution in [-0.4, -0.2) is 69.6 Å². The lowest BCUT2D eigenvalue weighted by atomic mass is 10.1. The molecule has 0 radical (unpaired) electrons. The summed E-state index contributed by atoms with van der Waals surface area (Å²) in [6.45, 7) is 1.31. The van der Waals surface area contributed by atoms with E-state index in [4.69, 9.17) is 0 Å². The second kappa shape index (κ2) is 8.69. The maximum absolute atomic E-state index is 13.5. The summed E-state index contributed by atoms with van der Waals surface area (Å²) < 4.78 is 13.5. The number of piperazine rings is 1. The normalized spacial score (nSPS) is 19.1. The molecule has 2 aliphatic rings. The average molecular weight is 448 g/mol. The smallest absolute Gasteiger partial charge is 0.246 e. The first kappa shape index (κ1) is 21.2. The number of hydrogen-bond donors (Lipinski definition) is 1. The third-order valence-corrected chi connectivity index (χ3v) is 6.53. The Labute approximate surface area is 190 Å². The van der Waals surface area contributed by atoms with E-state index in [1.165, 1.54) is 17.0 Å². The molecule has 1 aromatic heterocycles. The molecule has 5 rings (SSSR count). The molecule has 0 saturated carbocycles. The van der Waals surface area contributed by atoms with Crippen molar-refractivity contribution in [1.29, 1.82) is 0 Å². The van der Waals surface area contributed by atoms with Crippen LogP contribution in [0.1, 0.15) is 17.5 Å². The number of carbonyl (C=O) groups excluding carboxylic acids is 3. The number of nitrogens with one attached hydrogen (secondary N) is 1.